The van der Waals surface area contributed by atoms with Crippen LogP contribution in [0.4, 0.5) is 4.39 Å². The van der Waals surface area contributed by atoms with Gasteiger partial charge in [0.25, 0.3) is 0 Å². The van der Waals surface area contributed by atoms with Gasteiger partial charge in [-0.2, -0.15) is 4.72 Å². The first-order chi connectivity index (χ1) is 18.3. The van der Waals surface area contributed by atoms with Crippen LogP contribution in [-0.2, 0) is 35.6 Å². The molecule has 0 fully saturated rings. The molecular weight excluding hydrogens is 527 g/mol. The lowest BCUT2D eigenvalue weighted by atomic mass is 10.0. The quantitative estimate of drug-likeness (QED) is 0.279. The smallest absolute Gasteiger partial charge is 0.325 e. The molecule has 0 aliphatic rings. The number of hydroxylamine groups is 2. The molecule has 210 valence electrons. The van der Waals surface area contributed by atoms with E-state index in [9.17, 15) is 22.4 Å². The average molecular weight is 561 g/mol. The molecule has 0 heterocycles. The number of ether oxygens (including phenoxy) is 2. The topological polar surface area (TPSA) is 111 Å². The van der Waals surface area contributed by atoms with E-state index in [2.05, 4.69) is 4.72 Å². The van der Waals surface area contributed by atoms with Crippen LogP contribution in [0.5, 0.6) is 5.75 Å². The lowest BCUT2D eigenvalue weighted by Gasteiger charge is -2.25. The van der Waals surface area contributed by atoms with Crippen LogP contribution in [0.1, 0.15) is 32.8 Å². The first kappa shape index (κ1) is 30.0. The molecule has 0 aliphatic carbocycles. The second-order valence-corrected chi connectivity index (χ2v) is 11.5. The minimum atomic E-state index is -4.47. The Kier molecular flexibility index (Phi) is 9.65. The van der Waals surface area contributed by atoms with Crippen molar-refractivity contribution in [2.45, 2.75) is 50.2 Å². The Morgan fingerprint density at radius 1 is 1.05 bits per heavy atom. The number of nitrogens with zero attached hydrogens (tertiary/aromatic N) is 1. The molecule has 0 saturated heterocycles. The molecule has 3 aromatic rings. The van der Waals surface area contributed by atoms with Crippen molar-refractivity contribution in [3.63, 3.8) is 0 Å². The van der Waals surface area contributed by atoms with E-state index in [0.29, 0.717) is 6.42 Å². The second kappa shape index (κ2) is 12.5. The van der Waals surface area contributed by atoms with Gasteiger partial charge in [-0.3, -0.25) is 14.4 Å². The first-order valence-corrected chi connectivity index (χ1v) is 13.7. The molecular formula is C28H33FN2O7S. The molecule has 0 aromatic heterocycles. The van der Waals surface area contributed by atoms with Crippen molar-refractivity contribution < 1.29 is 36.7 Å². The van der Waals surface area contributed by atoms with Crippen molar-refractivity contribution in [2.75, 3.05) is 20.8 Å². The van der Waals surface area contributed by atoms with Gasteiger partial charge < -0.3 is 9.47 Å². The SMILES string of the molecule is CON(C)C(=O)C[C@H](NS(=O)(=O)c1ccc(F)cc1OCCc1cccc2ccccc12)C(=O)OC(C)(C)C. The molecule has 1 atom stereocenters. The van der Waals surface area contributed by atoms with Crippen LogP contribution in [0.15, 0.2) is 65.6 Å². The van der Waals surface area contributed by atoms with Crippen LogP contribution in [0.3, 0.4) is 0 Å². The summed E-state index contributed by atoms with van der Waals surface area (Å²) in [6, 6.07) is 15.1. The number of esters is 1. The van der Waals surface area contributed by atoms with Gasteiger partial charge in [0.2, 0.25) is 15.9 Å². The zero-order chi connectivity index (χ0) is 28.8. The highest BCUT2D eigenvalue weighted by Gasteiger charge is 2.34. The number of nitrogens with one attached hydrogen (secondary N) is 1. The first-order valence-electron chi connectivity index (χ1n) is 12.3. The monoisotopic (exact) mass is 560 g/mol. The number of rotatable bonds is 11. The Labute approximate surface area is 227 Å². The predicted molar refractivity (Wildman–Crippen MR) is 144 cm³/mol. The summed E-state index contributed by atoms with van der Waals surface area (Å²) in [6.45, 7) is 4.90. The summed E-state index contributed by atoms with van der Waals surface area (Å²) in [5, 5.41) is 2.95. The summed E-state index contributed by atoms with van der Waals surface area (Å²) in [5.41, 5.74) is 0.0423. The number of hydrogen-bond acceptors (Lipinski definition) is 7. The van der Waals surface area contributed by atoms with E-state index in [1.54, 1.807) is 20.8 Å². The van der Waals surface area contributed by atoms with Gasteiger partial charge in [0.15, 0.2) is 0 Å². The lowest BCUT2D eigenvalue weighted by Crippen LogP contribution is -2.47. The zero-order valence-corrected chi connectivity index (χ0v) is 23.4. The van der Waals surface area contributed by atoms with Gasteiger partial charge in [0.1, 0.15) is 28.1 Å². The molecule has 1 N–H and O–H groups in total. The molecule has 0 bridgehead atoms. The van der Waals surface area contributed by atoms with E-state index in [-0.39, 0.29) is 17.3 Å². The van der Waals surface area contributed by atoms with Gasteiger partial charge >= 0.3 is 5.97 Å². The number of halogens is 1. The number of hydrogen-bond donors (Lipinski definition) is 1. The molecule has 3 aromatic carbocycles. The molecule has 3 rings (SSSR count). The molecule has 0 saturated carbocycles. The fourth-order valence-corrected chi connectivity index (χ4v) is 5.11. The molecule has 9 nitrogen and oxygen atoms in total. The number of benzene rings is 3. The molecule has 0 unspecified atom stereocenters. The minimum Gasteiger partial charge on any atom is -0.492 e. The minimum absolute atomic E-state index is 0.0621. The van der Waals surface area contributed by atoms with Crippen LogP contribution in [0.2, 0.25) is 0 Å². The maximum Gasteiger partial charge on any atom is 0.325 e. The highest BCUT2D eigenvalue weighted by Crippen LogP contribution is 2.27. The third-order valence-electron chi connectivity index (χ3n) is 5.70. The Hall–Kier alpha value is -3.54. The van der Waals surface area contributed by atoms with Gasteiger partial charge in [-0.1, -0.05) is 42.5 Å². The third-order valence-corrected chi connectivity index (χ3v) is 7.21. The molecule has 11 heteroatoms. The van der Waals surface area contributed by atoms with Crippen LogP contribution >= 0.6 is 0 Å². The maximum atomic E-state index is 14.1. The Morgan fingerprint density at radius 3 is 2.44 bits per heavy atom. The normalized spacial score (nSPS) is 12.7. The van der Waals surface area contributed by atoms with Crippen LogP contribution in [0, 0.1) is 5.82 Å². The molecule has 0 aliphatic heterocycles. The number of amides is 1. The van der Waals surface area contributed by atoms with Crippen LogP contribution in [0.25, 0.3) is 10.8 Å². The summed E-state index contributed by atoms with van der Waals surface area (Å²) in [5.74, 6) is -2.55. The molecule has 1 amide bonds. The maximum absolute atomic E-state index is 14.1. The fourth-order valence-electron chi connectivity index (χ4n) is 3.80. The Morgan fingerprint density at radius 2 is 1.74 bits per heavy atom. The number of fused-ring (bicyclic) bond motifs is 1. The van der Waals surface area contributed by atoms with E-state index in [4.69, 9.17) is 14.3 Å². The van der Waals surface area contributed by atoms with Crippen molar-refractivity contribution in [1.29, 1.82) is 0 Å². The van der Waals surface area contributed by atoms with Crippen molar-refractivity contribution in [3.8, 4) is 5.75 Å². The predicted octanol–water partition coefficient (Wildman–Crippen LogP) is 4.00. The summed E-state index contributed by atoms with van der Waals surface area (Å²) < 4.78 is 54.2. The van der Waals surface area contributed by atoms with Gasteiger partial charge in [-0.25, -0.2) is 17.9 Å². The Bertz CT molecular complexity index is 1430. The van der Waals surface area contributed by atoms with E-state index in [1.165, 1.54) is 14.2 Å². The highest BCUT2D eigenvalue weighted by atomic mass is 32.2. The standard InChI is InChI=1S/C28H33FN2O7S/c1-28(2,3)38-27(33)23(18-26(32)31(4)36-5)30-39(34,35)25-14-13-21(29)17-24(25)37-16-15-20-11-8-10-19-9-6-7-12-22(19)20/h6-14,17,23,30H,15-16,18H2,1-5H3/t23-/m0/s1. The van der Waals surface area contributed by atoms with Crippen LogP contribution in [-0.4, -0.2) is 57.8 Å². The van der Waals surface area contributed by atoms with Crippen molar-refractivity contribution in [1.82, 2.24) is 9.79 Å². The Balaban J connectivity index is 1.84. The summed E-state index contributed by atoms with van der Waals surface area (Å²) >= 11 is 0. The van der Waals surface area contributed by atoms with E-state index < -0.39 is 45.8 Å². The van der Waals surface area contributed by atoms with Crippen molar-refractivity contribution >= 4 is 32.7 Å². The molecule has 0 radical (unpaired) electrons. The summed E-state index contributed by atoms with van der Waals surface area (Å²) in [4.78, 5) is 29.7. The second-order valence-electron chi connectivity index (χ2n) is 9.81. The van der Waals surface area contributed by atoms with Gasteiger partial charge in [0, 0.05) is 19.5 Å². The molecule has 39 heavy (non-hydrogen) atoms. The third kappa shape index (κ3) is 8.22. The van der Waals surface area contributed by atoms with Crippen molar-refractivity contribution in [3.05, 3.63) is 72.0 Å². The van der Waals surface area contributed by atoms with E-state index in [0.717, 1.165) is 39.6 Å². The van der Waals surface area contributed by atoms with Gasteiger partial charge in [-0.05, 0) is 49.2 Å². The molecule has 0 spiro atoms. The summed E-state index contributed by atoms with van der Waals surface area (Å²) in [7, 11) is -1.89. The van der Waals surface area contributed by atoms with Crippen molar-refractivity contribution in [2.24, 2.45) is 0 Å². The highest BCUT2D eigenvalue weighted by molar-refractivity contribution is 7.89. The number of carbonyl (C=O) groups is 2. The van der Waals surface area contributed by atoms with Crippen LogP contribution < -0.4 is 9.46 Å². The van der Waals surface area contributed by atoms with Gasteiger partial charge in [0.05, 0.1) is 20.1 Å². The van der Waals surface area contributed by atoms with E-state index >= 15 is 0 Å². The fraction of sp³-hybridized carbons (Fsp3) is 0.357. The van der Waals surface area contributed by atoms with Gasteiger partial charge in [-0.15, -0.1) is 0 Å². The average Bonchev–Trinajstić information content (AvgIpc) is 2.86. The number of carbonyl (C=O) groups excluding carboxylic acids is 2. The summed E-state index contributed by atoms with van der Waals surface area (Å²) in [6.07, 6.45) is -0.139. The van der Waals surface area contributed by atoms with E-state index in [1.807, 2.05) is 42.5 Å². The zero-order valence-electron chi connectivity index (χ0n) is 22.6. The lowest BCUT2D eigenvalue weighted by molar-refractivity contribution is -0.172. The largest absolute Gasteiger partial charge is 0.492 e. The number of sulfonamides is 1.